The van der Waals surface area contributed by atoms with Crippen LogP contribution in [0.3, 0.4) is 0 Å². The van der Waals surface area contributed by atoms with E-state index in [4.69, 9.17) is 10.2 Å². The molecule has 0 aromatic carbocycles. The van der Waals surface area contributed by atoms with Crippen molar-refractivity contribution in [1.82, 2.24) is 0 Å². The topological polar surface area (TPSA) is 70.7 Å². The zero-order valence-electron chi connectivity index (χ0n) is 5.07. The summed E-state index contributed by atoms with van der Waals surface area (Å²) < 4.78 is 4.43. The first-order chi connectivity index (χ1) is 4.74. The monoisotopic (exact) mass is 142 g/mol. The van der Waals surface area contributed by atoms with Crippen molar-refractivity contribution in [2.75, 3.05) is 0 Å². The van der Waals surface area contributed by atoms with Crippen LogP contribution in [0.5, 0.6) is 5.95 Å². The number of hydrogen-bond acceptors (Lipinski definition) is 4. The molecule has 1 heterocycles. The molecule has 0 radical (unpaired) electrons. The summed E-state index contributed by atoms with van der Waals surface area (Å²) in [4.78, 5) is 10.7. The standard InChI is InChI=1S/C6H6O4/c7-2-4-3-10-6(9)1-5(4)8/h1,3,7,9H,2H2. The highest BCUT2D eigenvalue weighted by Crippen LogP contribution is 2.03. The molecule has 4 nitrogen and oxygen atoms in total. The molecule has 0 bridgehead atoms. The second-order valence-corrected chi connectivity index (χ2v) is 1.77. The molecule has 0 aliphatic rings. The van der Waals surface area contributed by atoms with Crippen LogP contribution in [0.15, 0.2) is 21.5 Å². The molecule has 0 aliphatic heterocycles. The molecule has 0 fully saturated rings. The fraction of sp³-hybridized carbons (Fsp3) is 0.167. The SMILES string of the molecule is O=c1cc(O)occ1CO. The predicted molar refractivity (Wildman–Crippen MR) is 32.6 cm³/mol. The second kappa shape index (κ2) is 2.53. The van der Waals surface area contributed by atoms with Crippen LogP contribution in [0, 0.1) is 0 Å². The largest absolute Gasteiger partial charge is 0.481 e. The Morgan fingerprint density at radius 1 is 1.60 bits per heavy atom. The molecule has 0 atom stereocenters. The summed E-state index contributed by atoms with van der Waals surface area (Å²) in [6, 6.07) is 0.908. The number of aromatic hydroxyl groups is 1. The third-order valence-corrected chi connectivity index (χ3v) is 1.06. The van der Waals surface area contributed by atoms with E-state index in [1.54, 1.807) is 0 Å². The summed E-state index contributed by atoms with van der Waals surface area (Å²) in [7, 11) is 0. The number of hydrogen-bond donors (Lipinski definition) is 2. The fourth-order valence-corrected chi connectivity index (χ4v) is 0.544. The van der Waals surface area contributed by atoms with Gasteiger partial charge in [-0.05, 0) is 0 Å². The lowest BCUT2D eigenvalue weighted by molar-refractivity contribution is 0.268. The first-order valence-electron chi connectivity index (χ1n) is 2.65. The molecule has 0 saturated carbocycles. The Bertz CT molecular complexity index is 275. The van der Waals surface area contributed by atoms with Crippen molar-refractivity contribution < 1.29 is 14.6 Å². The van der Waals surface area contributed by atoms with Crippen LogP contribution in [0.2, 0.25) is 0 Å². The van der Waals surface area contributed by atoms with Crippen LogP contribution in [-0.4, -0.2) is 10.2 Å². The van der Waals surface area contributed by atoms with E-state index in [9.17, 15) is 4.79 Å². The van der Waals surface area contributed by atoms with E-state index in [2.05, 4.69) is 4.42 Å². The third kappa shape index (κ3) is 1.16. The molecule has 0 saturated heterocycles. The van der Waals surface area contributed by atoms with Crippen molar-refractivity contribution >= 4 is 0 Å². The summed E-state index contributed by atoms with van der Waals surface area (Å²) in [6.45, 7) is -0.372. The van der Waals surface area contributed by atoms with Crippen molar-refractivity contribution in [2.45, 2.75) is 6.61 Å². The molecule has 1 rings (SSSR count). The molecule has 1 aromatic rings. The van der Waals surface area contributed by atoms with Crippen molar-refractivity contribution in [3.05, 3.63) is 28.1 Å². The minimum Gasteiger partial charge on any atom is -0.481 e. The molecule has 1 aromatic heterocycles. The van der Waals surface area contributed by atoms with Gasteiger partial charge in [0, 0.05) is 0 Å². The van der Waals surface area contributed by atoms with Gasteiger partial charge in [0.05, 0.1) is 18.2 Å². The van der Waals surface area contributed by atoms with Gasteiger partial charge in [0.2, 0.25) is 0 Å². The highest BCUT2D eigenvalue weighted by Gasteiger charge is 1.98. The molecule has 0 spiro atoms. The molecular formula is C6H6O4. The summed E-state index contributed by atoms with van der Waals surface area (Å²) >= 11 is 0. The minimum atomic E-state index is -0.442. The zero-order valence-corrected chi connectivity index (χ0v) is 5.07. The van der Waals surface area contributed by atoms with E-state index >= 15 is 0 Å². The molecule has 0 amide bonds. The quantitative estimate of drug-likeness (QED) is 0.571. The fourth-order valence-electron chi connectivity index (χ4n) is 0.544. The predicted octanol–water partition coefficient (Wildman–Crippen LogP) is -0.162. The van der Waals surface area contributed by atoms with Gasteiger partial charge in [0.25, 0.3) is 5.95 Å². The Labute approximate surface area is 56.4 Å². The van der Waals surface area contributed by atoms with Gasteiger partial charge in [-0.1, -0.05) is 0 Å². The Hall–Kier alpha value is -1.29. The van der Waals surface area contributed by atoms with Gasteiger partial charge in [-0.3, -0.25) is 4.79 Å². The number of aliphatic hydroxyl groups excluding tert-OH is 1. The summed E-state index contributed by atoms with van der Waals surface area (Å²) in [5, 5.41) is 17.1. The lowest BCUT2D eigenvalue weighted by Crippen LogP contribution is -2.05. The van der Waals surface area contributed by atoms with Crippen molar-refractivity contribution in [1.29, 1.82) is 0 Å². The van der Waals surface area contributed by atoms with E-state index in [-0.39, 0.29) is 12.2 Å². The van der Waals surface area contributed by atoms with Crippen LogP contribution in [0.25, 0.3) is 0 Å². The third-order valence-electron chi connectivity index (χ3n) is 1.06. The Morgan fingerprint density at radius 2 is 2.30 bits per heavy atom. The van der Waals surface area contributed by atoms with Gasteiger partial charge in [-0.2, -0.15) is 0 Å². The highest BCUT2D eigenvalue weighted by atomic mass is 16.5. The second-order valence-electron chi connectivity index (χ2n) is 1.77. The highest BCUT2D eigenvalue weighted by molar-refractivity contribution is 5.12. The van der Waals surface area contributed by atoms with Crippen molar-refractivity contribution in [3.63, 3.8) is 0 Å². The van der Waals surface area contributed by atoms with Gasteiger partial charge < -0.3 is 14.6 Å². The summed E-state index contributed by atoms with van der Waals surface area (Å²) in [6.07, 6.45) is 1.03. The van der Waals surface area contributed by atoms with E-state index in [0.717, 1.165) is 12.3 Å². The van der Waals surface area contributed by atoms with Crippen LogP contribution < -0.4 is 5.43 Å². The smallest absolute Gasteiger partial charge is 0.285 e. The summed E-state index contributed by atoms with van der Waals surface area (Å²) in [5.74, 6) is -0.442. The molecular weight excluding hydrogens is 136 g/mol. The van der Waals surface area contributed by atoms with Crippen molar-refractivity contribution in [2.24, 2.45) is 0 Å². The van der Waals surface area contributed by atoms with E-state index in [1.165, 1.54) is 0 Å². The Balaban J connectivity index is 3.20. The average molecular weight is 142 g/mol. The van der Waals surface area contributed by atoms with Gasteiger partial charge in [0.15, 0.2) is 5.43 Å². The average Bonchev–Trinajstić information content (AvgIpc) is 1.88. The first kappa shape index (κ1) is 6.82. The normalized spacial score (nSPS) is 9.70. The van der Waals surface area contributed by atoms with Crippen molar-refractivity contribution in [3.8, 4) is 5.95 Å². The number of aliphatic hydroxyl groups is 1. The van der Waals surface area contributed by atoms with Gasteiger partial charge in [-0.15, -0.1) is 0 Å². The number of rotatable bonds is 1. The molecule has 0 aliphatic carbocycles. The minimum absolute atomic E-state index is 0.137. The molecule has 2 N–H and O–H groups in total. The van der Waals surface area contributed by atoms with Gasteiger partial charge >= 0.3 is 0 Å². The zero-order chi connectivity index (χ0) is 7.56. The van der Waals surface area contributed by atoms with Crippen LogP contribution in [0.1, 0.15) is 5.56 Å². The Morgan fingerprint density at radius 3 is 2.80 bits per heavy atom. The lowest BCUT2D eigenvalue weighted by atomic mass is 10.3. The molecule has 4 heteroatoms. The van der Waals surface area contributed by atoms with E-state index < -0.39 is 11.4 Å². The van der Waals surface area contributed by atoms with Gasteiger partial charge in [-0.25, -0.2) is 0 Å². The first-order valence-corrected chi connectivity index (χ1v) is 2.65. The summed E-state index contributed by atoms with van der Waals surface area (Å²) in [5.41, 5.74) is -0.288. The van der Waals surface area contributed by atoms with Crippen LogP contribution in [-0.2, 0) is 6.61 Å². The maximum Gasteiger partial charge on any atom is 0.285 e. The van der Waals surface area contributed by atoms with E-state index in [0.29, 0.717) is 0 Å². The maximum atomic E-state index is 10.7. The maximum absolute atomic E-state index is 10.7. The van der Waals surface area contributed by atoms with Crippen LogP contribution in [0.4, 0.5) is 0 Å². The van der Waals surface area contributed by atoms with Gasteiger partial charge in [0.1, 0.15) is 6.26 Å². The Kier molecular flexibility index (Phi) is 1.73. The molecule has 10 heavy (non-hydrogen) atoms. The molecule has 0 unspecified atom stereocenters. The van der Waals surface area contributed by atoms with Crippen LogP contribution >= 0.6 is 0 Å². The van der Waals surface area contributed by atoms with E-state index in [1.807, 2.05) is 0 Å². The molecule has 54 valence electrons. The lowest BCUT2D eigenvalue weighted by Gasteiger charge is -1.91.